The molecule has 3 fully saturated rings. The number of pyridine rings is 1. The van der Waals surface area contributed by atoms with E-state index in [0.29, 0.717) is 11.4 Å². The van der Waals surface area contributed by atoms with Crippen LogP contribution in [0.4, 0.5) is 10.5 Å². The quantitative estimate of drug-likeness (QED) is 0.556. The Morgan fingerprint density at radius 3 is 2.41 bits per heavy atom. The van der Waals surface area contributed by atoms with Gasteiger partial charge in [-0.1, -0.05) is 12.1 Å². The summed E-state index contributed by atoms with van der Waals surface area (Å²) in [6.07, 6.45) is 2.50. The predicted molar refractivity (Wildman–Crippen MR) is 140 cm³/mol. The van der Waals surface area contributed by atoms with Gasteiger partial charge in [0, 0.05) is 30.4 Å². The topological polar surface area (TPSA) is 103 Å². The van der Waals surface area contributed by atoms with E-state index in [-0.39, 0.29) is 24.8 Å². The molecule has 194 valence electrons. The maximum absolute atomic E-state index is 12.6. The number of rotatable bonds is 5. The molecule has 2 bridgehead atoms. The first kappa shape index (κ1) is 24.9. The van der Waals surface area contributed by atoms with Gasteiger partial charge in [-0.3, -0.25) is 4.90 Å². The van der Waals surface area contributed by atoms with E-state index in [9.17, 15) is 15.2 Å². The number of aliphatic hydroxyl groups is 1. The molecular formula is C28H33N5O4. The minimum atomic E-state index is -0.979. The molecule has 0 aliphatic carbocycles. The second-order valence-electron chi connectivity index (χ2n) is 11.5. The molecule has 0 spiro atoms. The lowest BCUT2D eigenvalue weighted by atomic mass is 9.87. The van der Waals surface area contributed by atoms with Crippen molar-refractivity contribution >= 4 is 17.3 Å². The van der Waals surface area contributed by atoms with Gasteiger partial charge < -0.3 is 19.5 Å². The Morgan fingerprint density at radius 1 is 1.14 bits per heavy atom. The molecule has 2 unspecified atom stereocenters. The van der Waals surface area contributed by atoms with Crippen LogP contribution in [0.25, 0.3) is 16.6 Å². The molecule has 9 nitrogen and oxygen atoms in total. The number of amides is 1. The number of fused-ring (bicyclic) bond motifs is 3. The summed E-state index contributed by atoms with van der Waals surface area (Å²) in [5.41, 5.74) is 2.58. The largest absolute Gasteiger partial charge is 0.489 e. The highest BCUT2D eigenvalue weighted by Crippen LogP contribution is 2.37. The minimum absolute atomic E-state index is 0.126. The summed E-state index contributed by atoms with van der Waals surface area (Å²) in [6.45, 7) is 10.7. The molecular weight excluding hydrogens is 470 g/mol. The van der Waals surface area contributed by atoms with Gasteiger partial charge in [-0.05, 0) is 64.8 Å². The maximum atomic E-state index is 12.6. The monoisotopic (exact) mass is 503 g/mol. The van der Waals surface area contributed by atoms with Crippen LogP contribution in [-0.4, -0.2) is 68.7 Å². The molecule has 2 aromatic heterocycles. The van der Waals surface area contributed by atoms with Crippen molar-refractivity contribution in [3.8, 4) is 22.9 Å². The van der Waals surface area contributed by atoms with Gasteiger partial charge in [-0.15, -0.1) is 0 Å². The van der Waals surface area contributed by atoms with Crippen molar-refractivity contribution in [2.75, 3.05) is 24.6 Å². The molecule has 1 N–H and O–H groups in total. The van der Waals surface area contributed by atoms with E-state index in [4.69, 9.17) is 9.47 Å². The lowest BCUT2D eigenvalue weighted by Gasteiger charge is -2.56. The second kappa shape index (κ2) is 8.96. The number of piperazine rings is 1. The van der Waals surface area contributed by atoms with Crippen LogP contribution in [0.5, 0.6) is 5.75 Å². The number of carbonyl (C=O) groups is 1. The highest BCUT2D eigenvalue weighted by atomic mass is 16.6. The van der Waals surface area contributed by atoms with Crippen molar-refractivity contribution in [1.82, 2.24) is 14.5 Å². The molecule has 6 rings (SSSR count). The number of carbonyl (C=O) groups excluding carboxylic acids is 1. The summed E-state index contributed by atoms with van der Waals surface area (Å²) >= 11 is 0. The van der Waals surface area contributed by atoms with Crippen LogP contribution in [0.1, 0.15) is 46.7 Å². The van der Waals surface area contributed by atoms with E-state index in [1.807, 2.05) is 31.7 Å². The fraction of sp³-hybridized carbons (Fsp3) is 0.464. The van der Waals surface area contributed by atoms with Crippen LogP contribution in [0.2, 0.25) is 0 Å². The van der Waals surface area contributed by atoms with Gasteiger partial charge in [0.05, 0.1) is 29.4 Å². The zero-order valence-electron chi connectivity index (χ0n) is 21.9. The number of benzene rings is 1. The number of hydrogen-bond donors (Lipinski definition) is 1. The van der Waals surface area contributed by atoms with Gasteiger partial charge in [0.15, 0.2) is 5.69 Å². The van der Waals surface area contributed by atoms with Gasteiger partial charge in [-0.2, -0.15) is 10.4 Å². The molecule has 0 saturated carbocycles. The average Bonchev–Trinajstić information content (AvgIpc) is 3.24. The molecule has 5 heterocycles. The molecule has 1 amide bonds. The van der Waals surface area contributed by atoms with E-state index >= 15 is 0 Å². The van der Waals surface area contributed by atoms with Gasteiger partial charge in [0.2, 0.25) is 0 Å². The number of ether oxygens (including phenoxy) is 2. The van der Waals surface area contributed by atoms with Crippen LogP contribution >= 0.6 is 0 Å². The first-order chi connectivity index (χ1) is 17.4. The lowest BCUT2D eigenvalue weighted by Crippen LogP contribution is -2.70. The standard InChI is InChI=1S/C28H33N5O4/c1-27(2,3)37-26(34)33-21-11-22(33)15-31(14-21)20-8-6-18(7-9-20)24-12-23(36-17-28(4,5)35)16-32-25(24)10-19(13-29)30-32/h6-10,12,16,21-22,35H,11,14-15,17H2,1-5H3. The van der Waals surface area contributed by atoms with Crippen LogP contribution in [0.15, 0.2) is 42.6 Å². The van der Waals surface area contributed by atoms with Gasteiger partial charge >= 0.3 is 6.09 Å². The highest BCUT2D eigenvalue weighted by molar-refractivity contribution is 5.82. The zero-order valence-corrected chi connectivity index (χ0v) is 21.9. The van der Waals surface area contributed by atoms with Crippen molar-refractivity contribution in [2.45, 2.75) is 64.3 Å². The molecule has 3 saturated heterocycles. The molecule has 3 aliphatic heterocycles. The summed E-state index contributed by atoms with van der Waals surface area (Å²) < 4.78 is 13.1. The SMILES string of the molecule is CC(C)(O)COc1cc(-c2ccc(N3CC4CC(C3)N4C(=O)OC(C)(C)C)cc2)c2cc(C#N)nn2c1. The summed E-state index contributed by atoms with van der Waals surface area (Å²) in [6, 6.07) is 14.4. The number of hydrogen-bond acceptors (Lipinski definition) is 7. The van der Waals surface area contributed by atoms with Crippen molar-refractivity contribution in [3.05, 3.63) is 48.3 Å². The van der Waals surface area contributed by atoms with E-state index in [2.05, 4.69) is 40.3 Å². The van der Waals surface area contributed by atoms with E-state index in [1.165, 1.54) is 0 Å². The molecule has 1 aromatic carbocycles. The number of piperidine rings is 1. The summed E-state index contributed by atoms with van der Waals surface area (Å²) in [5.74, 6) is 0.555. The highest BCUT2D eigenvalue weighted by Gasteiger charge is 2.48. The van der Waals surface area contributed by atoms with Crippen molar-refractivity contribution < 1.29 is 19.4 Å². The first-order valence-corrected chi connectivity index (χ1v) is 12.6. The Morgan fingerprint density at radius 2 is 1.81 bits per heavy atom. The van der Waals surface area contributed by atoms with Crippen LogP contribution in [0, 0.1) is 11.3 Å². The zero-order chi connectivity index (χ0) is 26.5. The number of aromatic nitrogens is 2. The maximum Gasteiger partial charge on any atom is 0.410 e. The summed E-state index contributed by atoms with van der Waals surface area (Å²) in [7, 11) is 0. The molecule has 3 aliphatic rings. The fourth-order valence-corrected chi connectivity index (χ4v) is 4.98. The van der Waals surface area contributed by atoms with E-state index in [1.54, 1.807) is 30.6 Å². The summed E-state index contributed by atoms with van der Waals surface area (Å²) in [4.78, 5) is 16.8. The molecule has 37 heavy (non-hydrogen) atoms. The number of nitrogens with zero attached hydrogens (tertiary/aromatic N) is 5. The van der Waals surface area contributed by atoms with Crippen molar-refractivity contribution in [2.24, 2.45) is 0 Å². The lowest BCUT2D eigenvalue weighted by molar-refractivity contribution is -0.0379. The molecule has 9 heteroatoms. The molecule has 3 aromatic rings. The molecule has 2 atom stereocenters. The Balaban J connectivity index is 1.36. The first-order valence-electron chi connectivity index (χ1n) is 12.6. The Hall–Kier alpha value is -3.77. The third-order valence-electron chi connectivity index (χ3n) is 6.60. The third kappa shape index (κ3) is 5.20. The van der Waals surface area contributed by atoms with Crippen molar-refractivity contribution in [3.63, 3.8) is 0 Å². The smallest absolute Gasteiger partial charge is 0.410 e. The number of anilines is 1. The van der Waals surface area contributed by atoms with Crippen LogP contribution in [-0.2, 0) is 4.74 Å². The number of nitriles is 1. The summed E-state index contributed by atoms with van der Waals surface area (Å²) in [5, 5.41) is 23.8. The third-order valence-corrected chi connectivity index (χ3v) is 6.60. The second-order valence-corrected chi connectivity index (χ2v) is 11.5. The van der Waals surface area contributed by atoms with Crippen molar-refractivity contribution in [1.29, 1.82) is 5.26 Å². The Kier molecular flexibility index (Phi) is 6.03. The molecule has 0 radical (unpaired) electrons. The van der Waals surface area contributed by atoms with E-state index < -0.39 is 11.2 Å². The average molecular weight is 504 g/mol. The predicted octanol–water partition coefficient (Wildman–Crippen LogP) is 4.22. The fourth-order valence-electron chi connectivity index (χ4n) is 4.98. The normalized spacial score (nSPS) is 19.4. The van der Waals surface area contributed by atoms with Gasteiger partial charge in [0.1, 0.15) is 24.0 Å². The van der Waals surface area contributed by atoms with Gasteiger partial charge in [-0.25, -0.2) is 9.31 Å². The Labute approximate surface area is 216 Å². The Bertz CT molecular complexity index is 1350. The van der Waals surface area contributed by atoms with Crippen LogP contribution < -0.4 is 9.64 Å². The van der Waals surface area contributed by atoms with Crippen LogP contribution in [0.3, 0.4) is 0 Å². The minimum Gasteiger partial charge on any atom is -0.489 e. The van der Waals surface area contributed by atoms with E-state index in [0.717, 1.165) is 41.8 Å². The van der Waals surface area contributed by atoms with Gasteiger partial charge in [0.25, 0.3) is 0 Å².